The minimum Gasteiger partial charge on any atom is -0.322 e. The van der Waals surface area contributed by atoms with E-state index in [0.29, 0.717) is 11.3 Å². The molecular weight excluding hydrogens is 240 g/mol. The number of nitro benzene ring substituents is 1. The normalized spacial score (nSPS) is 9.88. The summed E-state index contributed by atoms with van der Waals surface area (Å²) in [5.74, 6) is -0.222. The number of amides is 1. The molecule has 17 heavy (non-hydrogen) atoms. The van der Waals surface area contributed by atoms with Gasteiger partial charge in [0.15, 0.2) is 0 Å². The number of hydrogen-bond acceptors (Lipinski definition) is 4. The van der Waals surface area contributed by atoms with Gasteiger partial charge < -0.3 is 5.32 Å². The van der Waals surface area contributed by atoms with Crippen molar-refractivity contribution >= 4 is 28.6 Å². The average Bonchev–Trinajstić information content (AvgIpc) is 2.83. The number of rotatable bonds is 3. The fourth-order valence-corrected chi connectivity index (χ4v) is 1.90. The molecule has 0 fully saturated rings. The second kappa shape index (κ2) is 4.75. The second-order valence-corrected chi connectivity index (χ2v) is 4.05. The maximum atomic E-state index is 11.7. The molecule has 2 aromatic rings. The Kier molecular flexibility index (Phi) is 3.15. The van der Waals surface area contributed by atoms with Crippen LogP contribution in [0.1, 0.15) is 10.4 Å². The zero-order valence-electron chi connectivity index (χ0n) is 8.62. The molecule has 0 radical (unpaired) electrons. The maximum absolute atomic E-state index is 11.7. The van der Waals surface area contributed by atoms with Gasteiger partial charge in [-0.2, -0.15) is 11.3 Å². The summed E-state index contributed by atoms with van der Waals surface area (Å²) in [6, 6.07) is 7.42. The molecule has 1 aromatic heterocycles. The number of carbonyl (C=O) groups excluding carboxylic acids is 1. The van der Waals surface area contributed by atoms with Gasteiger partial charge in [-0.3, -0.25) is 14.9 Å². The Hall–Kier alpha value is -2.21. The van der Waals surface area contributed by atoms with Crippen LogP contribution >= 0.6 is 11.3 Å². The van der Waals surface area contributed by atoms with Gasteiger partial charge in [-0.05, 0) is 23.6 Å². The fraction of sp³-hybridized carbons (Fsp3) is 0. The van der Waals surface area contributed by atoms with E-state index in [0.717, 1.165) is 0 Å². The van der Waals surface area contributed by atoms with Crippen LogP contribution in [0.2, 0.25) is 0 Å². The van der Waals surface area contributed by atoms with Crippen LogP contribution in [0.3, 0.4) is 0 Å². The minimum absolute atomic E-state index is 0.00136. The van der Waals surface area contributed by atoms with Crippen LogP contribution in [0.5, 0.6) is 0 Å². The molecule has 5 nitrogen and oxygen atoms in total. The number of nitrogens with zero attached hydrogens (tertiary/aromatic N) is 1. The Morgan fingerprint density at radius 2 is 1.94 bits per heavy atom. The Morgan fingerprint density at radius 1 is 1.24 bits per heavy atom. The third kappa shape index (κ3) is 2.67. The smallest absolute Gasteiger partial charge is 0.269 e. The van der Waals surface area contributed by atoms with Crippen LogP contribution in [0, 0.1) is 10.1 Å². The van der Waals surface area contributed by atoms with Gasteiger partial charge in [0.25, 0.3) is 11.6 Å². The van der Waals surface area contributed by atoms with Crippen LogP contribution in [0.15, 0.2) is 41.1 Å². The SMILES string of the molecule is O=C(Nc1ccc([N+](=O)[O-])cc1)c1ccsc1. The molecule has 0 atom stereocenters. The number of hydrogen-bond donors (Lipinski definition) is 1. The van der Waals surface area contributed by atoms with Gasteiger partial charge in [-0.25, -0.2) is 0 Å². The Labute approximate surface area is 101 Å². The van der Waals surface area contributed by atoms with Crippen LogP contribution < -0.4 is 5.32 Å². The highest BCUT2D eigenvalue weighted by atomic mass is 32.1. The Balaban J connectivity index is 2.09. The Morgan fingerprint density at radius 3 is 2.47 bits per heavy atom. The minimum atomic E-state index is -0.482. The number of benzene rings is 1. The van der Waals surface area contributed by atoms with Crippen molar-refractivity contribution in [1.82, 2.24) is 0 Å². The lowest BCUT2D eigenvalue weighted by Crippen LogP contribution is -2.10. The molecule has 2 rings (SSSR count). The molecular formula is C11H8N2O3S. The summed E-state index contributed by atoms with van der Waals surface area (Å²) in [5.41, 5.74) is 1.11. The molecule has 1 amide bonds. The molecule has 86 valence electrons. The summed E-state index contributed by atoms with van der Waals surface area (Å²) in [5, 5.41) is 16.6. The van der Waals surface area contributed by atoms with Crippen molar-refractivity contribution in [1.29, 1.82) is 0 Å². The largest absolute Gasteiger partial charge is 0.322 e. The summed E-state index contributed by atoms with van der Waals surface area (Å²) in [6.07, 6.45) is 0. The van der Waals surface area contributed by atoms with Crippen molar-refractivity contribution in [2.45, 2.75) is 0 Å². The molecule has 0 aliphatic heterocycles. The van der Waals surface area contributed by atoms with E-state index in [-0.39, 0.29) is 11.6 Å². The van der Waals surface area contributed by atoms with Crippen molar-refractivity contribution in [2.24, 2.45) is 0 Å². The molecule has 6 heteroatoms. The highest BCUT2D eigenvalue weighted by Gasteiger charge is 2.08. The third-order valence-corrected chi connectivity index (χ3v) is 2.80. The quantitative estimate of drug-likeness (QED) is 0.670. The van der Waals surface area contributed by atoms with E-state index in [1.165, 1.54) is 35.6 Å². The lowest BCUT2D eigenvalue weighted by molar-refractivity contribution is -0.384. The number of carbonyl (C=O) groups is 1. The van der Waals surface area contributed by atoms with Crippen molar-refractivity contribution in [2.75, 3.05) is 5.32 Å². The molecule has 0 unspecified atom stereocenters. The molecule has 0 aliphatic carbocycles. The first kappa shape index (κ1) is 11.3. The van der Waals surface area contributed by atoms with Crippen molar-refractivity contribution < 1.29 is 9.72 Å². The van der Waals surface area contributed by atoms with Crippen molar-refractivity contribution in [3.05, 3.63) is 56.8 Å². The number of nitro groups is 1. The molecule has 0 saturated carbocycles. The molecule has 1 heterocycles. The van der Waals surface area contributed by atoms with E-state index >= 15 is 0 Å². The summed E-state index contributed by atoms with van der Waals surface area (Å²) in [4.78, 5) is 21.6. The fourth-order valence-electron chi connectivity index (χ4n) is 1.26. The molecule has 0 saturated heterocycles. The van der Waals surface area contributed by atoms with Crippen LogP contribution in [0.4, 0.5) is 11.4 Å². The van der Waals surface area contributed by atoms with Crippen molar-refractivity contribution in [3.63, 3.8) is 0 Å². The molecule has 0 aliphatic rings. The van der Waals surface area contributed by atoms with E-state index in [4.69, 9.17) is 0 Å². The summed E-state index contributed by atoms with van der Waals surface area (Å²) >= 11 is 1.43. The number of nitrogens with one attached hydrogen (secondary N) is 1. The summed E-state index contributed by atoms with van der Waals surface area (Å²) < 4.78 is 0. The van der Waals surface area contributed by atoms with Crippen LogP contribution in [0.25, 0.3) is 0 Å². The lowest BCUT2D eigenvalue weighted by atomic mass is 10.2. The van der Waals surface area contributed by atoms with Crippen LogP contribution in [-0.4, -0.2) is 10.8 Å². The first-order valence-corrected chi connectivity index (χ1v) is 5.69. The molecule has 0 spiro atoms. The lowest BCUT2D eigenvalue weighted by Gasteiger charge is -2.02. The molecule has 1 N–H and O–H groups in total. The van der Waals surface area contributed by atoms with E-state index in [2.05, 4.69) is 5.32 Å². The van der Waals surface area contributed by atoms with Crippen LogP contribution in [-0.2, 0) is 0 Å². The third-order valence-electron chi connectivity index (χ3n) is 2.12. The van der Waals surface area contributed by atoms with Gasteiger partial charge in [-0.1, -0.05) is 0 Å². The van der Waals surface area contributed by atoms with Gasteiger partial charge in [0.1, 0.15) is 0 Å². The molecule has 0 bridgehead atoms. The van der Waals surface area contributed by atoms with Crippen molar-refractivity contribution in [3.8, 4) is 0 Å². The molecule has 1 aromatic carbocycles. The maximum Gasteiger partial charge on any atom is 0.269 e. The van der Waals surface area contributed by atoms with Gasteiger partial charge >= 0.3 is 0 Å². The zero-order valence-corrected chi connectivity index (χ0v) is 9.44. The van der Waals surface area contributed by atoms with E-state index < -0.39 is 4.92 Å². The summed E-state index contributed by atoms with van der Waals surface area (Å²) in [7, 11) is 0. The average molecular weight is 248 g/mol. The Bertz CT molecular complexity index is 534. The van der Waals surface area contributed by atoms with E-state index in [1.807, 2.05) is 5.38 Å². The number of thiophene rings is 1. The first-order valence-electron chi connectivity index (χ1n) is 4.75. The topological polar surface area (TPSA) is 72.2 Å². The predicted molar refractivity (Wildman–Crippen MR) is 65.4 cm³/mol. The first-order chi connectivity index (χ1) is 8.16. The standard InChI is InChI=1S/C11H8N2O3S/c14-11(8-5-6-17-7-8)12-9-1-3-10(4-2-9)13(15)16/h1-7H,(H,12,14). The summed E-state index contributed by atoms with van der Waals surface area (Å²) in [6.45, 7) is 0. The second-order valence-electron chi connectivity index (χ2n) is 3.27. The van der Waals surface area contributed by atoms with E-state index in [9.17, 15) is 14.9 Å². The monoisotopic (exact) mass is 248 g/mol. The number of anilines is 1. The van der Waals surface area contributed by atoms with Gasteiger partial charge in [0.2, 0.25) is 0 Å². The zero-order chi connectivity index (χ0) is 12.3. The highest BCUT2D eigenvalue weighted by molar-refractivity contribution is 7.08. The van der Waals surface area contributed by atoms with E-state index in [1.54, 1.807) is 11.4 Å². The van der Waals surface area contributed by atoms with Gasteiger partial charge in [-0.15, -0.1) is 0 Å². The number of non-ortho nitro benzene ring substituents is 1. The van der Waals surface area contributed by atoms with Gasteiger partial charge in [0.05, 0.1) is 10.5 Å². The van der Waals surface area contributed by atoms with Gasteiger partial charge in [0, 0.05) is 23.2 Å². The predicted octanol–water partition coefficient (Wildman–Crippen LogP) is 2.91. The highest BCUT2D eigenvalue weighted by Crippen LogP contribution is 2.16.